The van der Waals surface area contributed by atoms with Crippen molar-refractivity contribution in [1.82, 2.24) is 0 Å². The van der Waals surface area contributed by atoms with E-state index in [1.165, 1.54) is 13.2 Å². The van der Waals surface area contributed by atoms with Crippen LogP contribution in [0.15, 0.2) is 24.0 Å². The van der Waals surface area contributed by atoms with Crippen molar-refractivity contribution in [3.63, 3.8) is 0 Å². The van der Waals surface area contributed by atoms with E-state index in [-0.39, 0.29) is 0 Å². The highest BCUT2D eigenvalue weighted by atomic mass is 19.4. The minimum absolute atomic E-state index is 0.414. The predicted molar refractivity (Wildman–Crippen MR) is 65.2 cm³/mol. The average Bonchev–Trinajstić information content (AvgIpc) is 2.36. The number of allylic oxidation sites excluding steroid dienone is 1. The van der Waals surface area contributed by atoms with E-state index >= 15 is 0 Å². The van der Waals surface area contributed by atoms with Gasteiger partial charge in [0.25, 0.3) is 0 Å². The van der Waals surface area contributed by atoms with Crippen molar-refractivity contribution in [3.05, 3.63) is 40.6 Å². The summed E-state index contributed by atoms with van der Waals surface area (Å²) in [5.41, 5.74) is 0.441. The monoisotopic (exact) mass is 272 g/mol. The van der Waals surface area contributed by atoms with Gasteiger partial charge in [0, 0.05) is 19.1 Å². The molecule has 0 bridgehead atoms. The highest BCUT2D eigenvalue weighted by molar-refractivity contribution is 5.59. The Bertz CT molecular complexity index is 492. The van der Waals surface area contributed by atoms with Gasteiger partial charge in [-0.3, -0.25) is 0 Å². The van der Waals surface area contributed by atoms with Crippen LogP contribution in [-0.2, 0) is 15.7 Å². The molecule has 2 rings (SSSR count). The lowest BCUT2D eigenvalue weighted by molar-refractivity contribution is -0.138. The van der Waals surface area contributed by atoms with Crippen LogP contribution >= 0.6 is 0 Å². The Kier molecular flexibility index (Phi) is 3.85. The van der Waals surface area contributed by atoms with Gasteiger partial charge >= 0.3 is 6.18 Å². The second-order valence-electron chi connectivity index (χ2n) is 4.39. The van der Waals surface area contributed by atoms with Gasteiger partial charge in [0.05, 0.1) is 5.56 Å². The molecule has 0 fully saturated rings. The Labute approximate surface area is 109 Å². The standard InChI is InChI=1S/C14H15F3O2/c1-3-4-11-7-9-5-6-10(14(15,16)17)8-12(9)13(18-2)19-11/h5-8,13H,3-4H2,1-2H3. The molecule has 0 N–H and O–H groups in total. The van der Waals surface area contributed by atoms with Crippen LogP contribution in [0.1, 0.15) is 42.7 Å². The molecule has 0 amide bonds. The summed E-state index contributed by atoms with van der Waals surface area (Å²) < 4.78 is 48.7. The Morgan fingerprint density at radius 1 is 1.32 bits per heavy atom. The maximum atomic E-state index is 12.7. The molecule has 1 aromatic carbocycles. The summed E-state index contributed by atoms with van der Waals surface area (Å²) in [5.74, 6) is 0.738. The van der Waals surface area contributed by atoms with Gasteiger partial charge in [-0.05, 0) is 30.2 Å². The summed E-state index contributed by atoms with van der Waals surface area (Å²) in [6.45, 7) is 2.01. The predicted octanol–water partition coefficient (Wildman–Crippen LogP) is 4.52. The first kappa shape index (κ1) is 13.9. The minimum Gasteiger partial charge on any atom is -0.465 e. The molecule has 1 aliphatic rings. The molecule has 5 heteroatoms. The molecule has 1 aliphatic heterocycles. The average molecular weight is 272 g/mol. The normalized spacial score (nSPS) is 18.6. The first-order chi connectivity index (χ1) is 8.95. The van der Waals surface area contributed by atoms with E-state index < -0.39 is 18.0 Å². The zero-order valence-electron chi connectivity index (χ0n) is 10.8. The van der Waals surface area contributed by atoms with Crippen LogP contribution in [-0.4, -0.2) is 7.11 Å². The number of ether oxygens (including phenoxy) is 2. The van der Waals surface area contributed by atoms with Gasteiger partial charge in [0.15, 0.2) is 0 Å². The van der Waals surface area contributed by atoms with Crippen LogP contribution in [0.5, 0.6) is 0 Å². The second-order valence-corrected chi connectivity index (χ2v) is 4.39. The molecule has 0 aromatic heterocycles. The fraction of sp³-hybridized carbons (Fsp3) is 0.429. The lowest BCUT2D eigenvalue weighted by Crippen LogP contribution is -2.14. The number of hydrogen-bond acceptors (Lipinski definition) is 2. The van der Waals surface area contributed by atoms with Crippen LogP contribution in [0, 0.1) is 0 Å². The van der Waals surface area contributed by atoms with Crippen molar-refractivity contribution in [1.29, 1.82) is 0 Å². The summed E-state index contributed by atoms with van der Waals surface area (Å²) in [7, 11) is 1.42. The van der Waals surface area contributed by atoms with Crippen molar-refractivity contribution in [2.75, 3.05) is 7.11 Å². The minimum atomic E-state index is -4.36. The molecule has 1 unspecified atom stereocenters. The zero-order chi connectivity index (χ0) is 14.0. The molecule has 2 nitrogen and oxygen atoms in total. The second kappa shape index (κ2) is 5.25. The largest absolute Gasteiger partial charge is 0.465 e. The van der Waals surface area contributed by atoms with E-state index in [1.54, 1.807) is 6.08 Å². The number of alkyl halides is 3. The van der Waals surface area contributed by atoms with Gasteiger partial charge in [0.1, 0.15) is 5.76 Å². The van der Waals surface area contributed by atoms with Gasteiger partial charge in [-0.1, -0.05) is 13.0 Å². The Hall–Kier alpha value is -1.49. The Morgan fingerprint density at radius 2 is 2.05 bits per heavy atom. The van der Waals surface area contributed by atoms with Gasteiger partial charge < -0.3 is 9.47 Å². The van der Waals surface area contributed by atoms with Crippen molar-refractivity contribution < 1.29 is 22.6 Å². The lowest BCUT2D eigenvalue weighted by Gasteiger charge is -2.26. The van der Waals surface area contributed by atoms with Crippen LogP contribution in [0.3, 0.4) is 0 Å². The maximum Gasteiger partial charge on any atom is 0.416 e. The first-order valence-corrected chi connectivity index (χ1v) is 6.07. The van der Waals surface area contributed by atoms with Gasteiger partial charge in [-0.2, -0.15) is 13.2 Å². The van der Waals surface area contributed by atoms with Gasteiger partial charge in [-0.15, -0.1) is 0 Å². The highest BCUT2D eigenvalue weighted by Crippen LogP contribution is 2.37. The molecular weight excluding hydrogens is 257 g/mol. The molecule has 1 atom stereocenters. The lowest BCUT2D eigenvalue weighted by atomic mass is 9.99. The topological polar surface area (TPSA) is 18.5 Å². The third-order valence-corrected chi connectivity index (χ3v) is 2.95. The molecule has 0 radical (unpaired) electrons. The van der Waals surface area contributed by atoms with E-state index in [4.69, 9.17) is 9.47 Å². The molecule has 19 heavy (non-hydrogen) atoms. The molecule has 0 saturated heterocycles. The third-order valence-electron chi connectivity index (χ3n) is 2.95. The van der Waals surface area contributed by atoms with Crippen LogP contribution in [0.25, 0.3) is 6.08 Å². The van der Waals surface area contributed by atoms with E-state index in [1.807, 2.05) is 6.92 Å². The first-order valence-electron chi connectivity index (χ1n) is 6.07. The van der Waals surface area contributed by atoms with E-state index in [9.17, 15) is 13.2 Å². The summed E-state index contributed by atoms with van der Waals surface area (Å²) in [6.07, 6.45) is -1.72. The Morgan fingerprint density at radius 3 is 2.63 bits per heavy atom. The number of fused-ring (bicyclic) bond motifs is 1. The summed E-state index contributed by atoms with van der Waals surface area (Å²) in [5, 5.41) is 0. The van der Waals surface area contributed by atoms with Crippen molar-refractivity contribution >= 4 is 6.08 Å². The number of rotatable bonds is 3. The molecule has 0 spiro atoms. The van der Waals surface area contributed by atoms with Crippen molar-refractivity contribution in [2.45, 2.75) is 32.2 Å². The molecule has 1 aromatic rings. The van der Waals surface area contributed by atoms with E-state index in [0.29, 0.717) is 5.56 Å². The number of methoxy groups -OCH3 is 1. The third kappa shape index (κ3) is 2.92. The SMILES string of the molecule is CCCC1=Cc2ccc(C(F)(F)F)cc2C(OC)O1. The van der Waals surface area contributed by atoms with Gasteiger partial charge in [-0.25, -0.2) is 0 Å². The molecule has 0 aliphatic carbocycles. The number of halogens is 3. The van der Waals surface area contributed by atoms with Crippen LogP contribution < -0.4 is 0 Å². The number of hydrogen-bond donors (Lipinski definition) is 0. The van der Waals surface area contributed by atoms with Gasteiger partial charge in [0.2, 0.25) is 6.29 Å². The molecule has 104 valence electrons. The van der Waals surface area contributed by atoms with Crippen molar-refractivity contribution in [3.8, 4) is 0 Å². The summed E-state index contributed by atoms with van der Waals surface area (Å²) in [4.78, 5) is 0. The highest BCUT2D eigenvalue weighted by Gasteiger charge is 2.33. The summed E-state index contributed by atoms with van der Waals surface area (Å²) >= 11 is 0. The molecule has 1 heterocycles. The molecular formula is C14H15F3O2. The van der Waals surface area contributed by atoms with Crippen molar-refractivity contribution in [2.24, 2.45) is 0 Å². The number of benzene rings is 1. The van der Waals surface area contributed by atoms with Crippen LogP contribution in [0.4, 0.5) is 13.2 Å². The molecule has 0 saturated carbocycles. The van der Waals surface area contributed by atoms with E-state index in [0.717, 1.165) is 36.3 Å². The fourth-order valence-electron chi connectivity index (χ4n) is 2.05. The van der Waals surface area contributed by atoms with Crippen LogP contribution in [0.2, 0.25) is 0 Å². The van der Waals surface area contributed by atoms with E-state index in [2.05, 4.69) is 0 Å². The fourth-order valence-corrected chi connectivity index (χ4v) is 2.05. The zero-order valence-corrected chi connectivity index (χ0v) is 10.8. The Balaban J connectivity index is 2.43. The quantitative estimate of drug-likeness (QED) is 0.805. The summed E-state index contributed by atoms with van der Waals surface area (Å²) in [6, 6.07) is 3.63. The smallest absolute Gasteiger partial charge is 0.416 e. The maximum absolute atomic E-state index is 12.7.